The molecule has 5 heteroatoms. The Balaban J connectivity index is 2.08. The molecule has 1 fully saturated rings. The molecule has 1 aliphatic heterocycles. The van der Waals surface area contributed by atoms with Gasteiger partial charge in [0.05, 0.1) is 5.69 Å². The molecule has 0 bridgehead atoms. The topological polar surface area (TPSA) is 45.5 Å². The van der Waals surface area contributed by atoms with Crippen LogP contribution in [0.4, 0.5) is 5.82 Å². The van der Waals surface area contributed by atoms with Gasteiger partial charge in [-0.15, -0.1) is 0 Å². The second-order valence-electron chi connectivity index (χ2n) is 6.05. The predicted molar refractivity (Wildman–Crippen MR) is 90.8 cm³/mol. The monoisotopic (exact) mass is 301 g/mol. The fraction of sp³-hybridized carbons (Fsp3) is 0.647. The number of rotatable bonds is 5. The van der Waals surface area contributed by atoms with E-state index in [2.05, 4.69) is 47.6 Å². The molecule has 1 aliphatic rings. The molecule has 0 aromatic carbocycles. The van der Waals surface area contributed by atoms with Crippen LogP contribution in [0.15, 0.2) is 12.1 Å². The molecule has 1 saturated heterocycles. The van der Waals surface area contributed by atoms with Crippen molar-refractivity contribution in [2.24, 2.45) is 0 Å². The standard InChI is InChI=1S/C17H27N5/c1-4-13(5-2)15-12-16-19-14(6-3)11-17(22(16)20-15)21-9-7-18-8-10-21/h11-13,18H,4-10H2,1-3H3. The van der Waals surface area contributed by atoms with Gasteiger partial charge in [0, 0.05) is 49.9 Å². The van der Waals surface area contributed by atoms with Gasteiger partial charge < -0.3 is 10.2 Å². The molecule has 120 valence electrons. The summed E-state index contributed by atoms with van der Waals surface area (Å²) in [6, 6.07) is 4.39. The van der Waals surface area contributed by atoms with Crippen molar-refractivity contribution in [3.8, 4) is 0 Å². The molecule has 1 N–H and O–H groups in total. The minimum absolute atomic E-state index is 0.530. The number of nitrogens with one attached hydrogen (secondary N) is 1. The lowest BCUT2D eigenvalue weighted by Gasteiger charge is -2.29. The van der Waals surface area contributed by atoms with Crippen LogP contribution in [0.1, 0.15) is 50.9 Å². The third-order valence-electron chi connectivity index (χ3n) is 4.69. The molecular weight excluding hydrogens is 274 g/mol. The van der Waals surface area contributed by atoms with E-state index in [1.54, 1.807) is 0 Å². The molecule has 3 rings (SSSR count). The SMILES string of the molecule is CCc1cc(N2CCNCC2)n2nc(C(CC)CC)cc2n1. The highest BCUT2D eigenvalue weighted by molar-refractivity contribution is 5.52. The van der Waals surface area contributed by atoms with Crippen LogP contribution < -0.4 is 10.2 Å². The fourth-order valence-electron chi connectivity index (χ4n) is 3.23. The lowest BCUT2D eigenvalue weighted by atomic mass is 10.00. The zero-order chi connectivity index (χ0) is 15.5. The third-order valence-corrected chi connectivity index (χ3v) is 4.69. The second kappa shape index (κ2) is 6.65. The Hall–Kier alpha value is -1.62. The molecule has 3 heterocycles. The summed E-state index contributed by atoms with van der Waals surface area (Å²) in [5.41, 5.74) is 3.33. The highest BCUT2D eigenvalue weighted by Crippen LogP contribution is 2.25. The first kappa shape index (κ1) is 15.3. The van der Waals surface area contributed by atoms with Crippen LogP contribution in [0, 0.1) is 0 Å². The minimum Gasteiger partial charge on any atom is -0.354 e. The third kappa shape index (κ3) is 2.82. The zero-order valence-electron chi connectivity index (χ0n) is 14.0. The highest BCUT2D eigenvalue weighted by Gasteiger charge is 2.19. The van der Waals surface area contributed by atoms with Gasteiger partial charge in [-0.25, -0.2) is 4.98 Å². The van der Waals surface area contributed by atoms with Gasteiger partial charge in [0.15, 0.2) is 5.65 Å². The van der Waals surface area contributed by atoms with Crippen molar-refractivity contribution in [3.05, 3.63) is 23.5 Å². The van der Waals surface area contributed by atoms with Gasteiger partial charge in [-0.05, 0) is 19.3 Å². The Morgan fingerprint density at radius 1 is 1.14 bits per heavy atom. The summed E-state index contributed by atoms with van der Waals surface area (Å²) in [5, 5.41) is 8.31. The lowest BCUT2D eigenvalue weighted by Crippen LogP contribution is -2.44. The first-order valence-electron chi connectivity index (χ1n) is 8.62. The Bertz CT molecular complexity index is 623. The van der Waals surface area contributed by atoms with Crippen LogP contribution in [-0.2, 0) is 6.42 Å². The van der Waals surface area contributed by atoms with E-state index in [0.29, 0.717) is 5.92 Å². The number of fused-ring (bicyclic) bond motifs is 1. The van der Waals surface area contributed by atoms with Crippen LogP contribution in [0.5, 0.6) is 0 Å². The molecule has 0 amide bonds. The van der Waals surface area contributed by atoms with Gasteiger partial charge in [-0.3, -0.25) is 0 Å². The summed E-state index contributed by atoms with van der Waals surface area (Å²) in [5.74, 6) is 1.73. The van der Waals surface area contributed by atoms with Crippen molar-refractivity contribution in [2.45, 2.75) is 46.0 Å². The van der Waals surface area contributed by atoms with E-state index in [-0.39, 0.29) is 0 Å². The van der Waals surface area contributed by atoms with Crippen LogP contribution in [0.3, 0.4) is 0 Å². The van der Waals surface area contributed by atoms with E-state index in [1.165, 1.54) is 11.5 Å². The van der Waals surface area contributed by atoms with Crippen LogP contribution >= 0.6 is 0 Å². The van der Waals surface area contributed by atoms with Gasteiger partial charge >= 0.3 is 0 Å². The normalized spacial score (nSPS) is 15.9. The van der Waals surface area contributed by atoms with Crippen LogP contribution in [0.25, 0.3) is 5.65 Å². The number of nitrogens with zero attached hydrogens (tertiary/aromatic N) is 4. The van der Waals surface area contributed by atoms with Gasteiger partial charge in [0.2, 0.25) is 0 Å². The first-order chi connectivity index (χ1) is 10.8. The smallest absolute Gasteiger partial charge is 0.157 e. The van der Waals surface area contributed by atoms with E-state index in [4.69, 9.17) is 10.1 Å². The number of piperazine rings is 1. The van der Waals surface area contributed by atoms with Crippen molar-refractivity contribution in [3.63, 3.8) is 0 Å². The summed E-state index contributed by atoms with van der Waals surface area (Å²) in [7, 11) is 0. The molecule has 0 aliphatic carbocycles. The summed E-state index contributed by atoms with van der Waals surface area (Å²) < 4.78 is 2.05. The molecule has 0 spiro atoms. The first-order valence-corrected chi connectivity index (χ1v) is 8.62. The predicted octanol–water partition coefficient (Wildman–Crippen LogP) is 2.60. The van der Waals surface area contributed by atoms with Crippen molar-refractivity contribution < 1.29 is 0 Å². The number of hydrogen-bond acceptors (Lipinski definition) is 4. The summed E-state index contributed by atoms with van der Waals surface area (Å²) in [4.78, 5) is 7.20. The van der Waals surface area contributed by atoms with Crippen LogP contribution in [0.2, 0.25) is 0 Å². The van der Waals surface area contributed by atoms with E-state index in [9.17, 15) is 0 Å². The van der Waals surface area contributed by atoms with Gasteiger partial charge in [-0.2, -0.15) is 9.61 Å². The quantitative estimate of drug-likeness (QED) is 0.922. The number of aromatic nitrogens is 3. The maximum Gasteiger partial charge on any atom is 0.157 e. The largest absolute Gasteiger partial charge is 0.354 e. The maximum absolute atomic E-state index is 4.90. The van der Waals surface area contributed by atoms with Gasteiger partial charge in [0.25, 0.3) is 0 Å². The van der Waals surface area contributed by atoms with Crippen molar-refractivity contribution in [2.75, 3.05) is 31.1 Å². The number of anilines is 1. The fourth-order valence-corrected chi connectivity index (χ4v) is 3.23. The maximum atomic E-state index is 4.90. The Morgan fingerprint density at radius 3 is 2.50 bits per heavy atom. The summed E-state index contributed by atoms with van der Waals surface area (Å²) in [6.07, 6.45) is 3.22. The molecule has 2 aromatic heterocycles. The Morgan fingerprint density at radius 2 is 1.86 bits per heavy atom. The van der Waals surface area contributed by atoms with Crippen molar-refractivity contribution in [1.29, 1.82) is 0 Å². The minimum atomic E-state index is 0.530. The van der Waals surface area contributed by atoms with E-state index < -0.39 is 0 Å². The van der Waals surface area contributed by atoms with Crippen LogP contribution in [-0.4, -0.2) is 40.8 Å². The van der Waals surface area contributed by atoms with Gasteiger partial charge in [-0.1, -0.05) is 20.8 Å². The lowest BCUT2D eigenvalue weighted by molar-refractivity contribution is 0.575. The zero-order valence-corrected chi connectivity index (χ0v) is 14.0. The van der Waals surface area contributed by atoms with E-state index >= 15 is 0 Å². The molecule has 0 saturated carbocycles. The van der Waals surface area contributed by atoms with Crippen molar-refractivity contribution >= 4 is 11.5 Å². The average molecular weight is 301 g/mol. The van der Waals surface area contributed by atoms with Crippen molar-refractivity contribution in [1.82, 2.24) is 19.9 Å². The molecule has 0 radical (unpaired) electrons. The number of hydrogen-bond donors (Lipinski definition) is 1. The molecule has 0 unspecified atom stereocenters. The van der Waals surface area contributed by atoms with E-state index in [1.807, 2.05) is 0 Å². The molecule has 5 nitrogen and oxygen atoms in total. The van der Waals surface area contributed by atoms with Gasteiger partial charge in [0.1, 0.15) is 5.82 Å². The molecule has 0 atom stereocenters. The summed E-state index contributed by atoms with van der Waals surface area (Å²) in [6.45, 7) is 10.8. The Kier molecular flexibility index (Phi) is 4.62. The van der Waals surface area contributed by atoms with E-state index in [0.717, 1.165) is 56.8 Å². The number of aryl methyl sites for hydroxylation is 1. The summed E-state index contributed by atoms with van der Waals surface area (Å²) >= 11 is 0. The molecule has 2 aromatic rings. The second-order valence-corrected chi connectivity index (χ2v) is 6.05. The average Bonchev–Trinajstić information content (AvgIpc) is 2.99. The Labute approximate surface area is 132 Å². The molecular formula is C17H27N5. The highest BCUT2D eigenvalue weighted by atomic mass is 15.4. The molecule has 22 heavy (non-hydrogen) atoms.